The summed E-state index contributed by atoms with van der Waals surface area (Å²) in [5.74, 6) is -0.914. The second kappa shape index (κ2) is 5.87. The first-order valence-corrected chi connectivity index (χ1v) is 6.69. The third-order valence-electron chi connectivity index (χ3n) is 3.66. The predicted octanol–water partition coefficient (Wildman–Crippen LogP) is 2.69. The van der Waals surface area contributed by atoms with Crippen molar-refractivity contribution in [2.45, 2.75) is 32.6 Å². The zero-order valence-electron chi connectivity index (χ0n) is 11.1. The van der Waals surface area contributed by atoms with Crippen molar-refractivity contribution in [3.05, 3.63) is 29.8 Å². The van der Waals surface area contributed by atoms with Gasteiger partial charge in [-0.05, 0) is 37.0 Å². The molecule has 1 fully saturated rings. The van der Waals surface area contributed by atoms with E-state index in [0.29, 0.717) is 6.42 Å². The van der Waals surface area contributed by atoms with Gasteiger partial charge >= 0.3 is 5.97 Å². The summed E-state index contributed by atoms with van der Waals surface area (Å²) in [5.41, 5.74) is 1.75. The molecule has 1 aliphatic rings. The molecule has 102 valence electrons. The normalized spacial score (nSPS) is 16.5. The summed E-state index contributed by atoms with van der Waals surface area (Å²) in [6.07, 6.45) is 3.62. The molecule has 0 aliphatic heterocycles. The molecule has 0 spiro atoms. The minimum absolute atomic E-state index is 0.0953. The lowest BCUT2D eigenvalue weighted by molar-refractivity contribution is -0.141. The van der Waals surface area contributed by atoms with Crippen LogP contribution in [0.5, 0.6) is 0 Å². The fourth-order valence-corrected chi connectivity index (χ4v) is 2.08. The van der Waals surface area contributed by atoms with Gasteiger partial charge in [0, 0.05) is 11.6 Å². The summed E-state index contributed by atoms with van der Waals surface area (Å²) in [7, 11) is 0. The zero-order valence-corrected chi connectivity index (χ0v) is 11.1. The molecular formula is C15H19NO3. The molecule has 4 nitrogen and oxygen atoms in total. The topological polar surface area (TPSA) is 66.4 Å². The van der Waals surface area contributed by atoms with Gasteiger partial charge in [0.25, 0.3) is 0 Å². The summed E-state index contributed by atoms with van der Waals surface area (Å²) in [6.45, 7) is 1.69. The SMILES string of the molecule is CC(Cc1ccc(NC(=O)C2CCC2)cc1)C(=O)O. The number of carbonyl (C=O) groups is 2. The summed E-state index contributed by atoms with van der Waals surface area (Å²) in [6, 6.07) is 7.41. The molecule has 0 radical (unpaired) electrons. The number of hydrogen-bond acceptors (Lipinski definition) is 2. The molecule has 1 unspecified atom stereocenters. The fourth-order valence-electron chi connectivity index (χ4n) is 2.08. The highest BCUT2D eigenvalue weighted by Gasteiger charge is 2.25. The molecule has 0 heterocycles. The van der Waals surface area contributed by atoms with E-state index in [1.165, 1.54) is 0 Å². The van der Waals surface area contributed by atoms with E-state index in [0.717, 1.165) is 30.5 Å². The molecule has 1 aromatic rings. The van der Waals surface area contributed by atoms with E-state index in [-0.39, 0.29) is 11.8 Å². The minimum Gasteiger partial charge on any atom is -0.481 e. The lowest BCUT2D eigenvalue weighted by atomic mass is 9.85. The molecule has 1 aliphatic carbocycles. The van der Waals surface area contributed by atoms with Crippen LogP contribution in [0.1, 0.15) is 31.7 Å². The van der Waals surface area contributed by atoms with Crippen LogP contribution in [0.25, 0.3) is 0 Å². The van der Waals surface area contributed by atoms with E-state index in [9.17, 15) is 9.59 Å². The highest BCUT2D eigenvalue weighted by atomic mass is 16.4. The average molecular weight is 261 g/mol. The van der Waals surface area contributed by atoms with Crippen molar-refractivity contribution >= 4 is 17.6 Å². The number of carbonyl (C=O) groups excluding carboxylic acids is 1. The standard InChI is InChI=1S/C15H19NO3/c1-10(15(18)19)9-11-5-7-13(8-6-11)16-14(17)12-3-2-4-12/h5-8,10,12H,2-4,9H2,1H3,(H,16,17)(H,18,19). The Morgan fingerprint density at radius 3 is 2.42 bits per heavy atom. The minimum atomic E-state index is -0.789. The Labute approximate surface area is 112 Å². The van der Waals surface area contributed by atoms with Crippen molar-refractivity contribution in [2.24, 2.45) is 11.8 Å². The summed E-state index contributed by atoms with van der Waals surface area (Å²) in [5, 5.41) is 11.7. The van der Waals surface area contributed by atoms with Crippen molar-refractivity contribution in [3.63, 3.8) is 0 Å². The Balaban J connectivity index is 1.90. The van der Waals surface area contributed by atoms with Crippen LogP contribution < -0.4 is 5.32 Å². The monoisotopic (exact) mass is 261 g/mol. The van der Waals surface area contributed by atoms with Crippen molar-refractivity contribution < 1.29 is 14.7 Å². The van der Waals surface area contributed by atoms with E-state index in [1.54, 1.807) is 6.92 Å². The molecule has 2 rings (SSSR count). The van der Waals surface area contributed by atoms with Crippen molar-refractivity contribution in [2.75, 3.05) is 5.32 Å². The Kier molecular flexibility index (Phi) is 4.20. The number of carboxylic acid groups (broad SMARTS) is 1. The van der Waals surface area contributed by atoms with E-state index in [4.69, 9.17) is 5.11 Å². The maximum atomic E-state index is 11.8. The molecule has 1 amide bonds. The Bertz CT molecular complexity index is 463. The molecule has 19 heavy (non-hydrogen) atoms. The zero-order chi connectivity index (χ0) is 13.8. The number of rotatable bonds is 5. The fraction of sp³-hybridized carbons (Fsp3) is 0.467. The van der Waals surface area contributed by atoms with Gasteiger partial charge in [0.05, 0.1) is 5.92 Å². The van der Waals surface area contributed by atoms with Crippen LogP contribution in [0.3, 0.4) is 0 Å². The van der Waals surface area contributed by atoms with Crippen LogP contribution in [-0.4, -0.2) is 17.0 Å². The molecular weight excluding hydrogens is 242 g/mol. The highest BCUT2D eigenvalue weighted by Crippen LogP contribution is 2.27. The van der Waals surface area contributed by atoms with Gasteiger partial charge in [0.15, 0.2) is 0 Å². The van der Waals surface area contributed by atoms with E-state index >= 15 is 0 Å². The lowest BCUT2D eigenvalue weighted by Crippen LogP contribution is -2.27. The molecule has 1 atom stereocenters. The van der Waals surface area contributed by atoms with Crippen LogP contribution in [0.15, 0.2) is 24.3 Å². The number of amides is 1. The first-order valence-electron chi connectivity index (χ1n) is 6.69. The van der Waals surface area contributed by atoms with Gasteiger partial charge < -0.3 is 10.4 Å². The van der Waals surface area contributed by atoms with E-state index in [1.807, 2.05) is 24.3 Å². The molecule has 0 saturated heterocycles. The quantitative estimate of drug-likeness (QED) is 0.856. The van der Waals surface area contributed by atoms with Gasteiger partial charge in [-0.3, -0.25) is 9.59 Å². The van der Waals surface area contributed by atoms with Gasteiger partial charge in [-0.15, -0.1) is 0 Å². The van der Waals surface area contributed by atoms with Crippen LogP contribution in [0.4, 0.5) is 5.69 Å². The number of nitrogens with one attached hydrogen (secondary N) is 1. The highest BCUT2D eigenvalue weighted by molar-refractivity contribution is 5.93. The van der Waals surface area contributed by atoms with Gasteiger partial charge in [-0.2, -0.15) is 0 Å². The molecule has 1 saturated carbocycles. The third-order valence-corrected chi connectivity index (χ3v) is 3.66. The second-order valence-electron chi connectivity index (χ2n) is 5.26. The van der Waals surface area contributed by atoms with Crippen LogP contribution in [0.2, 0.25) is 0 Å². The molecule has 4 heteroatoms. The largest absolute Gasteiger partial charge is 0.481 e. The van der Waals surface area contributed by atoms with Crippen molar-refractivity contribution in [1.29, 1.82) is 0 Å². The Morgan fingerprint density at radius 1 is 1.32 bits per heavy atom. The number of benzene rings is 1. The van der Waals surface area contributed by atoms with Gasteiger partial charge in [-0.1, -0.05) is 25.5 Å². The van der Waals surface area contributed by atoms with E-state index < -0.39 is 11.9 Å². The van der Waals surface area contributed by atoms with Gasteiger partial charge in [0.1, 0.15) is 0 Å². The van der Waals surface area contributed by atoms with Gasteiger partial charge in [-0.25, -0.2) is 0 Å². The number of anilines is 1. The lowest BCUT2D eigenvalue weighted by Gasteiger charge is -2.24. The summed E-state index contributed by atoms with van der Waals surface area (Å²) in [4.78, 5) is 22.5. The smallest absolute Gasteiger partial charge is 0.306 e. The predicted molar refractivity (Wildman–Crippen MR) is 72.9 cm³/mol. The maximum absolute atomic E-state index is 11.8. The summed E-state index contributed by atoms with van der Waals surface area (Å²) >= 11 is 0. The van der Waals surface area contributed by atoms with Gasteiger partial charge in [0.2, 0.25) is 5.91 Å². The molecule has 1 aromatic carbocycles. The summed E-state index contributed by atoms with van der Waals surface area (Å²) < 4.78 is 0. The molecule has 0 bridgehead atoms. The van der Waals surface area contributed by atoms with Crippen LogP contribution >= 0.6 is 0 Å². The van der Waals surface area contributed by atoms with Crippen molar-refractivity contribution in [1.82, 2.24) is 0 Å². The average Bonchev–Trinajstić information content (AvgIpc) is 2.29. The first kappa shape index (κ1) is 13.6. The second-order valence-corrected chi connectivity index (χ2v) is 5.26. The van der Waals surface area contributed by atoms with Crippen molar-refractivity contribution in [3.8, 4) is 0 Å². The maximum Gasteiger partial charge on any atom is 0.306 e. The number of hydrogen-bond donors (Lipinski definition) is 2. The Hall–Kier alpha value is -1.84. The third kappa shape index (κ3) is 3.56. The number of aliphatic carboxylic acids is 1. The molecule has 2 N–H and O–H groups in total. The Morgan fingerprint density at radius 2 is 1.95 bits per heavy atom. The first-order chi connectivity index (χ1) is 9.06. The van der Waals surface area contributed by atoms with E-state index in [2.05, 4.69) is 5.32 Å². The number of carboxylic acids is 1. The van der Waals surface area contributed by atoms with Crippen LogP contribution in [-0.2, 0) is 16.0 Å². The van der Waals surface area contributed by atoms with Crippen LogP contribution in [0, 0.1) is 11.8 Å². The molecule has 0 aromatic heterocycles.